The maximum atomic E-state index is 12.9. The smallest absolute Gasteiger partial charge is 0.278 e. The number of likely N-dealkylation sites (N-methyl/N-ethyl adjacent to an activating group) is 1. The van der Waals surface area contributed by atoms with Crippen molar-refractivity contribution in [3.05, 3.63) is 59.2 Å². The van der Waals surface area contributed by atoms with Gasteiger partial charge < -0.3 is 15.1 Å². The summed E-state index contributed by atoms with van der Waals surface area (Å²) in [4.78, 5) is 26.9. The van der Waals surface area contributed by atoms with E-state index in [0.717, 1.165) is 50.4 Å². The van der Waals surface area contributed by atoms with Crippen molar-refractivity contribution in [1.82, 2.24) is 24.6 Å². The average Bonchev–Trinajstić information content (AvgIpc) is 3.37. The van der Waals surface area contributed by atoms with Crippen LogP contribution in [0.2, 0.25) is 0 Å². The Kier molecular flexibility index (Phi) is 6.09. The van der Waals surface area contributed by atoms with E-state index in [1.807, 2.05) is 0 Å². The van der Waals surface area contributed by atoms with Gasteiger partial charge in [-0.15, -0.1) is 6.58 Å². The van der Waals surface area contributed by atoms with Crippen molar-refractivity contribution < 1.29 is 0 Å². The predicted octanol–water partition coefficient (Wildman–Crippen LogP) is 3.53. The first kappa shape index (κ1) is 21.6. The minimum Gasteiger partial charge on any atom is -0.369 e. The monoisotopic (exact) mass is 445 g/mol. The number of aromatic nitrogens is 4. The van der Waals surface area contributed by atoms with Crippen LogP contribution in [0, 0.1) is 0 Å². The van der Waals surface area contributed by atoms with Gasteiger partial charge in [0.2, 0.25) is 5.95 Å². The summed E-state index contributed by atoms with van der Waals surface area (Å²) >= 11 is 0. The fraction of sp³-hybridized carbons (Fsp3) is 0.440. The molecule has 1 aliphatic heterocycles. The normalized spacial score (nSPS) is 17.5. The third-order valence-corrected chi connectivity index (χ3v) is 6.76. The first-order valence-electron chi connectivity index (χ1n) is 11.8. The number of hydrogen-bond donors (Lipinski definition) is 1. The fourth-order valence-electron chi connectivity index (χ4n) is 4.83. The van der Waals surface area contributed by atoms with Gasteiger partial charge in [-0.3, -0.25) is 4.79 Å². The molecule has 3 aromatic rings. The molecule has 2 aliphatic rings. The number of anilines is 3. The van der Waals surface area contributed by atoms with Crippen molar-refractivity contribution in [2.75, 3.05) is 43.4 Å². The van der Waals surface area contributed by atoms with Gasteiger partial charge in [0.05, 0.1) is 17.6 Å². The third-order valence-electron chi connectivity index (χ3n) is 6.76. The molecular formula is C25H31N7O. The van der Waals surface area contributed by atoms with Gasteiger partial charge in [-0.2, -0.15) is 5.10 Å². The number of hydrogen-bond acceptors (Lipinski definition) is 7. The molecule has 0 unspecified atom stereocenters. The molecule has 172 valence electrons. The highest BCUT2D eigenvalue weighted by atomic mass is 16.1. The molecule has 1 aromatic carbocycles. The molecule has 0 radical (unpaired) electrons. The third kappa shape index (κ3) is 4.48. The maximum Gasteiger partial charge on any atom is 0.278 e. The molecule has 1 N–H and O–H groups in total. The summed E-state index contributed by atoms with van der Waals surface area (Å²) in [6.45, 7) is 8.38. The zero-order chi connectivity index (χ0) is 22.8. The second-order valence-electron chi connectivity index (χ2n) is 9.06. The van der Waals surface area contributed by atoms with Gasteiger partial charge in [-0.25, -0.2) is 14.6 Å². The van der Waals surface area contributed by atoms with Crippen molar-refractivity contribution in [3.63, 3.8) is 0 Å². The summed E-state index contributed by atoms with van der Waals surface area (Å²) in [6, 6.07) is 8.38. The summed E-state index contributed by atoms with van der Waals surface area (Å²) in [6.07, 6.45) is 7.85. The van der Waals surface area contributed by atoms with E-state index < -0.39 is 0 Å². The van der Waals surface area contributed by atoms with E-state index in [1.54, 1.807) is 12.3 Å². The number of fused-ring (bicyclic) bond motifs is 1. The summed E-state index contributed by atoms with van der Waals surface area (Å²) in [7, 11) is 2.16. The van der Waals surface area contributed by atoms with E-state index in [9.17, 15) is 4.79 Å². The molecule has 0 amide bonds. The van der Waals surface area contributed by atoms with Crippen molar-refractivity contribution >= 4 is 28.2 Å². The fourth-order valence-corrected chi connectivity index (χ4v) is 4.83. The van der Waals surface area contributed by atoms with Crippen LogP contribution in [0.3, 0.4) is 0 Å². The topological polar surface area (TPSA) is 79.2 Å². The highest BCUT2D eigenvalue weighted by Crippen LogP contribution is 2.35. The molecule has 2 aromatic heterocycles. The standard InChI is InChI=1S/C25H31N7O/c1-3-12-32-24(33)21-17-26-25(28-23(21)22(29-32)18-6-4-5-7-18)27-19-8-10-20(11-9-19)31-15-13-30(2)14-16-31/h3,8-11,17-18H,1,4-7,12-16H2,2H3,(H,26,27,28). The zero-order valence-electron chi connectivity index (χ0n) is 19.2. The van der Waals surface area contributed by atoms with E-state index in [0.29, 0.717) is 29.3 Å². The number of nitrogens with zero attached hydrogens (tertiary/aromatic N) is 6. The molecule has 1 saturated carbocycles. The minimum atomic E-state index is -0.172. The van der Waals surface area contributed by atoms with Crippen molar-refractivity contribution in [1.29, 1.82) is 0 Å². The quantitative estimate of drug-likeness (QED) is 0.582. The van der Waals surface area contributed by atoms with Crippen molar-refractivity contribution in [3.8, 4) is 0 Å². The SMILES string of the molecule is C=CCn1nc(C2CCCC2)c2nc(Nc3ccc(N4CCN(C)CC4)cc3)ncc2c1=O. The Bertz CT molecular complexity index is 1190. The lowest BCUT2D eigenvalue weighted by molar-refractivity contribution is 0.313. The van der Waals surface area contributed by atoms with Crippen LogP contribution in [-0.4, -0.2) is 57.9 Å². The molecule has 1 aliphatic carbocycles. The Hall–Kier alpha value is -3.26. The molecule has 3 heterocycles. The molecule has 8 nitrogen and oxygen atoms in total. The number of allylic oxidation sites excluding steroid dienone is 1. The summed E-state index contributed by atoms with van der Waals surface area (Å²) in [5, 5.41) is 8.52. The number of rotatable bonds is 6. The largest absolute Gasteiger partial charge is 0.369 e. The highest BCUT2D eigenvalue weighted by molar-refractivity contribution is 5.80. The van der Waals surface area contributed by atoms with Crippen LogP contribution >= 0.6 is 0 Å². The molecule has 33 heavy (non-hydrogen) atoms. The van der Waals surface area contributed by atoms with E-state index in [2.05, 4.69) is 58.0 Å². The Morgan fingerprint density at radius 2 is 1.85 bits per heavy atom. The lowest BCUT2D eigenvalue weighted by Crippen LogP contribution is -2.44. The van der Waals surface area contributed by atoms with Gasteiger partial charge in [-0.05, 0) is 44.2 Å². The molecule has 0 spiro atoms. The van der Waals surface area contributed by atoms with E-state index in [1.165, 1.54) is 23.2 Å². The maximum absolute atomic E-state index is 12.9. The Morgan fingerprint density at radius 1 is 1.12 bits per heavy atom. The van der Waals surface area contributed by atoms with Crippen LogP contribution in [0.15, 0.2) is 47.9 Å². The lowest BCUT2D eigenvalue weighted by atomic mass is 10.0. The van der Waals surface area contributed by atoms with Crippen molar-refractivity contribution in [2.24, 2.45) is 0 Å². The van der Waals surface area contributed by atoms with Gasteiger partial charge in [0.1, 0.15) is 5.52 Å². The summed E-state index contributed by atoms with van der Waals surface area (Å²) in [5.41, 5.74) is 3.54. The molecule has 8 heteroatoms. The van der Waals surface area contributed by atoms with Crippen LogP contribution in [-0.2, 0) is 6.54 Å². The predicted molar refractivity (Wildman–Crippen MR) is 132 cm³/mol. The Balaban J connectivity index is 1.43. The van der Waals surface area contributed by atoms with Gasteiger partial charge in [0.25, 0.3) is 5.56 Å². The van der Waals surface area contributed by atoms with Crippen molar-refractivity contribution in [2.45, 2.75) is 38.1 Å². The summed E-state index contributed by atoms with van der Waals surface area (Å²) < 4.78 is 1.48. The van der Waals surface area contributed by atoms with Crippen LogP contribution in [0.25, 0.3) is 10.9 Å². The van der Waals surface area contributed by atoms with E-state index >= 15 is 0 Å². The average molecular weight is 446 g/mol. The molecule has 5 rings (SSSR count). The van der Waals surface area contributed by atoms with Gasteiger partial charge in [-0.1, -0.05) is 18.9 Å². The van der Waals surface area contributed by atoms with Crippen LogP contribution in [0.1, 0.15) is 37.3 Å². The van der Waals surface area contributed by atoms with Crippen LogP contribution in [0.4, 0.5) is 17.3 Å². The zero-order valence-corrected chi connectivity index (χ0v) is 19.2. The molecule has 0 atom stereocenters. The Morgan fingerprint density at radius 3 is 2.55 bits per heavy atom. The summed E-state index contributed by atoms with van der Waals surface area (Å²) in [5.74, 6) is 0.812. The van der Waals surface area contributed by atoms with Gasteiger partial charge in [0, 0.05) is 49.7 Å². The number of piperazine rings is 1. The second-order valence-corrected chi connectivity index (χ2v) is 9.06. The highest BCUT2D eigenvalue weighted by Gasteiger charge is 2.24. The number of benzene rings is 1. The first-order chi connectivity index (χ1) is 16.1. The van der Waals surface area contributed by atoms with E-state index in [-0.39, 0.29) is 5.56 Å². The van der Waals surface area contributed by atoms with Gasteiger partial charge >= 0.3 is 0 Å². The minimum absolute atomic E-state index is 0.172. The van der Waals surface area contributed by atoms with Gasteiger partial charge in [0.15, 0.2) is 0 Å². The Labute approximate surface area is 194 Å². The molecule has 1 saturated heterocycles. The second kappa shape index (κ2) is 9.31. The molecular weight excluding hydrogens is 414 g/mol. The molecule has 2 fully saturated rings. The lowest BCUT2D eigenvalue weighted by Gasteiger charge is -2.34. The molecule has 0 bridgehead atoms. The number of nitrogens with one attached hydrogen (secondary N) is 1. The van der Waals surface area contributed by atoms with Crippen LogP contribution in [0.5, 0.6) is 0 Å². The van der Waals surface area contributed by atoms with Crippen LogP contribution < -0.4 is 15.8 Å². The van der Waals surface area contributed by atoms with E-state index in [4.69, 9.17) is 10.1 Å². The first-order valence-corrected chi connectivity index (χ1v) is 11.8.